The fourth-order valence-electron chi connectivity index (χ4n) is 3.69. The van der Waals surface area contributed by atoms with Gasteiger partial charge in [0.1, 0.15) is 6.61 Å². The first kappa shape index (κ1) is 21.1. The van der Waals surface area contributed by atoms with Gasteiger partial charge in [-0.3, -0.25) is 9.36 Å². The van der Waals surface area contributed by atoms with Crippen LogP contribution in [0.1, 0.15) is 11.9 Å². The molecule has 0 saturated heterocycles. The van der Waals surface area contributed by atoms with E-state index in [9.17, 15) is 4.79 Å². The summed E-state index contributed by atoms with van der Waals surface area (Å²) in [5.74, 6) is 2.11. The average Bonchev–Trinajstić information content (AvgIpc) is 3.25. The number of ether oxygens (including phenoxy) is 2. The molecule has 3 aromatic carbocycles. The van der Waals surface area contributed by atoms with Gasteiger partial charge in [-0.2, -0.15) is 0 Å². The Balaban J connectivity index is 1.27. The molecule has 2 heterocycles. The first-order valence-electron chi connectivity index (χ1n) is 10.5. The van der Waals surface area contributed by atoms with Gasteiger partial charge in [0.05, 0.1) is 5.75 Å². The van der Waals surface area contributed by atoms with Gasteiger partial charge >= 0.3 is 0 Å². The van der Waals surface area contributed by atoms with E-state index in [-0.39, 0.29) is 11.7 Å². The van der Waals surface area contributed by atoms with Crippen LogP contribution in [0.15, 0.2) is 84.5 Å². The lowest BCUT2D eigenvalue weighted by molar-refractivity contribution is -0.113. The van der Waals surface area contributed by atoms with Crippen molar-refractivity contribution in [3.63, 3.8) is 0 Å². The van der Waals surface area contributed by atoms with Gasteiger partial charge < -0.3 is 14.8 Å². The normalized spacial score (nSPS) is 14.7. The van der Waals surface area contributed by atoms with Crippen LogP contribution in [0, 0.1) is 0 Å². The number of allylic oxidation sites excluding steroid dienone is 1. The molecule has 1 aromatic heterocycles. The van der Waals surface area contributed by atoms with Crippen LogP contribution in [0.2, 0.25) is 0 Å². The monoisotopic (exact) mass is 458 g/mol. The molecule has 0 saturated carbocycles. The molecule has 7 nitrogen and oxygen atoms in total. The minimum absolute atomic E-state index is 0.115. The van der Waals surface area contributed by atoms with E-state index in [1.807, 2.05) is 71.3 Å². The van der Waals surface area contributed by atoms with Gasteiger partial charge in [0.25, 0.3) is 0 Å². The number of benzene rings is 3. The number of fused-ring (bicyclic) bond motifs is 2. The maximum Gasteiger partial charge on any atom is 0.234 e. The van der Waals surface area contributed by atoms with Crippen LogP contribution in [-0.4, -0.2) is 33.0 Å². The Hall–Kier alpha value is -3.78. The second-order valence-corrected chi connectivity index (χ2v) is 8.45. The number of nitrogens with one attached hydrogen (secondary N) is 1. The number of para-hydroxylation sites is 2. The van der Waals surface area contributed by atoms with Crippen LogP contribution in [-0.2, 0) is 11.3 Å². The number of thioether (sulfide) groups is 1. The lowest BCUT2D eigenvalue weighted by Gasteiger charge is -2.26. The van der Waals surface area contributed by atoms with Crippen molar-refractivity contribution in [2.75, 3.05) is 17.7 Å². The summed E-state index contributed by atoms with van der Waals surface area (Å²) in [5, 5.41) is 14.4. The largest absolute Gasteiger partial charge is 0.485 e. The van der Waals surface area contributed by atoms with Gasteiger partial charge in [0.2, 0.25) is 5.91 Å². The highest BCUT2D eigenvalue weighted by atomic mass is 32.2. The Kier molecular flexibility index (Phi) is 5.99. The minimum atomic E-state index is -0.395. The molecular weight excluding hydrogens is 436 g/mol. The van der Waals surface area contributed by atoms with E-state index in [1.54, 1.807) is 6.08 Å². The predicted octanol–water partition coefficient (Wildman–Crippen LogP) is 4.86. The number of anilines is 1. The second-order valence-electron chi connectivity index (χ2n) is 7.50. The highest BCUT2D eigenvalue weighted by Crippen LogP contribution is 2.36. The Morgan fingerprint density at radius 1 is 1.09 bits per heavy atom. The second kappa shape index (κ2) is 9.38. The Morgan fingerprint density at radius 3 is 2.73 bits per heavy atom. The quantitative estimate of drug-likeness (QED) is 0.315. The number of carbonyl (C=O) groups excluding carboxylic acids is 1. The highest BCUT2D eigenvalue weighted by molar-refractivity contribution is 7.99. The molecule has 5 rings (SSSR count). The Labute approximate surface area is 195 Å². The molecule has 166 valence electrons. The number of nitrogens with zero attached hydrogens (tertiary/aromatic N) is 3. The molecule has 1 amide bonds. The number of hydrogen-bond donors (Lipinski definition) is 1. The zero-order chi connectivity index (χ0) is 22.6. The summed E-state index contributed by atoms with van der Waals surface area (Å²) in [6.45, 7) is 4.67. The summed E-state index contributed by atoms with van der Waals surface area (Å²) >= 11 is 1.32. The third-order valence-corrected chi connectivity index (χ3v) is 6.19. The summed E-state index contributed by atoms with van der Waals surface area (Å²) in [6, 6.07) is 21.4. The van der Waals surface area contributed by atoms with Gasteiger partial charge in [-0.15, -0.1) is 16.8 Å². The Bertz CT molecular complexity index is 1320. The molecule has 0 fully saturated rings. The van der Waals surface area contributed by atoms with E-state index in [0.717, 1.165) is 16.5 Å². The zero-order valence-electron chi connectivity index (χ0n) is 17.8. The molecule has 0 aliphatic carbocycles. The molecular formula is C25H22N4O3S. The predicted molar refractivity (Wildman–Crippen MR) is 129 cm³/mol. The van der Waals surface area contributed by atoms with Gasteiger partial charge in [-0.05, 0) is 35.0 Å². The molecule has 0 spiro atoms. The summed E-state index contributed by atoms with van der Waals surface area (Å²) in [7, 11) is 0. The van der Waals surface area contributed by atoms with E-state index in [4.69, 9.17) is 9.47 Å². The molecule has 4 aromatic rings. The first-order chi connectivity index (χ1) is 16.2. The van der Waals surface area contributed by atoms with Crippen LogP contribution in [0.3, 0.4) is 0 Å². The molecule has 8 heteroatoms. The Morgan fingerprint density at radius 2 is 1.88 bits per heavy atom. The maximum absolute atomic E-state index is 12.6. The third-order valence-electron chi connectivity index (χ3n) is 5.22. The van der Waals surface area contributed by atoms with Crippen molar-refractivity contribution >= 4 is 34.1 Å². The number of carbonyl (C=O) groups is 1. The molecule has 1 aliphatic rings. The van der Waals surface area contributed by atoms with Crippen molar-refractivity contribution < 1.29 is 14.3 Å². The van der Waals surface area contributed by atoms with E-state index in [2.05, 4.69) is 22.1 Å². The summed E-state index contributed by atoms with van der Waals surface area (Å²) in [4.78, 5) is 12.6. The molecule has 0 bridgehead atoms. The van der Waals surface area contributed by atoms with Crippen LogP contribution in [0.25, 0.3) is 10.8 Å². The van der Waals surface area contributed by atoms with Crippen molar-refractivity contribution in [2.45, 2.75) is 17.8 Å². The molecule has 1 unspecified atom stereocenters. The van der Waals surface area contributed by atoms with Crippen molar-refractivity contribution in [1.29, 1.82) is 0 Å². The van der Waals surface area contributed by atoms with E-state index >= 15 is 0 Å². The number of rotatable bonds is 7. The van der Waals surface area contributed by atoms with Crippen LogP contribution in [0.5, 0.6) is 11.5 Å². The van der Waals surface area contributed by atoms with Gasteiger partial charge in [0, 0.05) is 12.2 Å². The van der Waals surface area contributed by atoms with Crippen molar-refractivity contribution in [3.8, 4) is 11.5 Å². The first-order valence-corrected chi connectivity index (χ1v) is 11.5. The highest BCUT2D eigenvalue weighted by Gasteiger charge is 2.28. The topological polar surface area (TPSA) is 78.3 Å². The zero-order valence-corrected chi connectivity index (χ0v) is 18.6. The van der Waals surface area contributed by atoms with Crippen molar-refractivity contribution in [3.05, 3.63) is 85.2 Å². The molecule has 1 N–H and O–H groups in total. The van der Waals surface area contributed by atoms with Crippen LogP contribution in [0.4, 0.5) is 5.69 Å². The number of hydrogen-bond acceptors (Lipinski definition) is 6. The molecule has 33 heavy (non-hydrogen) atoms. The van der Waals surface area contributed by atoms with Gasteiger partial charge in [-0.1, -0.05) is 60.3 Å². The molecule has 1 aliphatic heterocycles. The number of amides is 1. The third kappa shape index (κ3) is 4.56. The minimum Gasteiger partial charge on any atom is -0.485 e. The molecule has 0 radical (unpaired) electrons. The lowest BCUT2D eigenvalue weighted by Crippen LogP contribution is -2.25. The molecule has 1 atom stereocenters. The summed E-state index contributed by atoms with van der Waals surface area (Å²) in [6.07, 6.45) is 1.37. The van der Waals surface area contributed by atoms with Crippen LogP contribution >= 0.6 is 11.8 Å². The van der Waals surface area contributed by atoms with E-state index in [0.29, 0.717) is 35.6 Å². The smallest absolute Gasteiger partial charge is 0.234 e. The fraction of sp³-hybridized carbons (Fsp3) is 0.160. The lowest BCUT2D eigenvalue weighted by atomic mass is 10.1. The van der Waals surface area contributed by atoms with Crippen molar-refractivity contribution in [2.24, 2.45) is 0 Å². The van der Waals surface area contributed by atoms with E-state index in [1.165, 1.54) is 11.8 Å². The van der Waals surface area contributed by atoms with Gasteiger partial charge in [0.15, 0.2) is 28.6 Å². The number of aromatic nitrogens is 3. The SMILES string of the molecule is C=CCn1c(SCC(=O)Nc2ccc3ccccc3c2)nnc1C1COc2ccccc2O1. The summed E-state index contributed by atoms with van der Waals surface area (Å²) in [5.41, 5.74) is 0.763. The van der Waals surface area contributed by atoms with Crippen LogP contribution < -0.4 is 14.8 Å². The maximum atomic E-state index is 12.6. The fourth-order valence-corrected chi connectivity index (χ4v) is 4.44. The van der Waals surface area contributed by atoms with Crippen molar-refractivity contribution in [1.82, 2.24) is 14.8 Å². The summed E-state index contributed by atoms with van der Waals surface area (Å²) < 4.78 is 13.8. The van der Waals surface area contributed by atoms with Gasteiger partial charge in [-0.25, -0.2) is 0 Å². The standard InChI is InChI=1S/C25H22N4O3S/c1-2-13-29-24(22-15-31-20-9-5-6-10-21(20)32-22)27-28-25(29)33-16-23(30)26-19-12-11-17-7-3-4-8-18(17)14-19/h2-12,14,22H,1,13,15-16H2,(H,26,30). The average molecular weight is 459 g/mol. The van der Waals surface area contributed by atoms with E-state index < -0.39 is 6.10 Å².